The molecule has 8 heteroatoms. The number of aromatic carboxylic acids is 1. The Balaban J connectivity index is 1.67. The first-order valence-electron chi connectivity index (χ1n) is 8.78. The standard InChI is InChI=1S/C18H25N5O3/c1-18(2,3)15-9-14(21(4)20-15)16(24)22-7-5-13(6-8-22)23-11-12(10-19-23)17(25)26/h9-11,13H,5-8H2,1-4H3,(H,25,26). The van der Waals surface area contributed by atoms with Crippen LogP contribution in [0.3, 0.4) is 0 Å². The number of piperidine rings is 1. The molecule has 140 valence electrons. The molecule has 1 saturated heterocycles. The van der Waals surface area contributed by atoms with Crippen LogP contribution in [0.25, 0.3) is 0 Å². The van der Waals surface area contributed by atoms with Gasteiger partial charge in [-0.2, -0.15) is 10.2 Å². The van der Waals surface area contributed by atoms with Crippen molar-refractivity contribution in [3.63, 3.8) is 0 Å². The lowest BCUT2D eigenvalue weighted by Gasteiger charge is -2.32. The third-order valence-corrected chi connectivity index (χ3v) is 4.84. The molecule has 0 bridgehead atoms. The van der Waals surface area contributed by atoms with E-state index in [-0.39, 0.29) is 22.9 Å². The quantitative estimate of drug-likeness (QED) is 0.906. The van der Waals surface area contributed by atoms with Gasteiger partial charge in [0.25, 0.3) is 5.91 Å². The van der Waals surface area contributed by atoms with Crippen molar-refractivity contribution < 1.29 is 14.7 Å². The smallest absolute Gasteiger partial charge is 0.338 e. The molecule has 1 amide bonds. The van der Waals surface area contributed by atoms with Gasteiger partial charge >= 0.3 is 5.97 Å². The third-order valence-electron chi connectivity index (χ3n) is 4.84. The second kappa shape index (κ2) is 6.59. The van der Waals surface area contributed by atoms with Crippen molar-refractivity contribution in [3.8, 4) is 0 Å². The van der Waals surface area contributed by atoms with Crippen LogP contribution in [0.1, 0.15) is 66.2 Å². The number of rotatable bonds is 3. The summed E-state index contributed by atoms with van der Waals surface area (Å²) in [5.41, 5.74) is 1.58. The van der Waals surface area contributed by atoms with Crippen LogP contribution in [-0.4, -0.2) is 54.5 Å². The predicted molar refractivity (Wildman–Crippen MR) is 95.3 cm³/mol. The maximum atomic E-state index is 12.9. The predicted octanol–water partition coefficient (Wildman–Crippen LogP) is 2.09. The molecule has 0 atom stereocenters. The van der Waals surface area contributed by atoms with E-state index in [0.29, 0.717) is 18.8 Å². The highest BCUT2D eigenvalue weighted by atomic mass is 16.4. The van der Waals surface area contributed by atoms with E-state index < -0.39 is 5.97 Å². The molecule has 0 aromatic carbocycles. The zero-order chi connectivity index (χ0) is 19.1. The Bertz CT molecular complexity index is 822. The first kappa shape index (κ1) is 18.2. The number of likely N-dealkylation sites (tertiary alicyclic amines) is 1. The van der Waals surface area contributed by atoms with Gasteiger partial charge in [-0.05, 0) is 18.9 Å². The van der Waals surface area contributed by atoms with Crippen molar-refractivity contribution >= 4 is 11.9 Å². The van der Waals surface area contributed by atoms with Gasteiger partial charge in [0.15, 0.2) is 0 Å². The fraction of sp³-hybridized carbons (Fsp3) is 0.556. The minimum Gasteiger partial charge on any atom is -0.478 e. The maximum Gasteiger partial charge on any atom is 0.338 e. The number of hydrogen-bond acceptors (Lipinski definition) is 4. The normalized spacial score (nSPS) is 16.1. The Hall–Kier alpha value is -2.64. The average molecular weight is 359 g/mol. The Morgan fingerprint density at radius 2 is 1.88 bits per heavy atom. The van der Waals surface area contributed by atoms with Crippen LogP contribution in [-0.2, 0) is 12.5 Å². The van der Waals surface area contributed by atoms with Crippen LogP contribution >= 0.6 is 0 Å². The van der Waals surface area contributed by atoms with E-state index in [0.717, 1.165) is 18.5 Å². The van der Waals surface area contributed by atoms with Crippen LogP contribution in [0.5, 0.6) is 0 Å². The molecule has 3 heterocycles. The fourth-order valence-electron chi connectivity index (χ4n) is 3.18. The molecule has 0 unspecified atom stereocenters. The summed E-state index contributed by atoms with van der Waals surface area (Å²) in [5.74, 6) is -0.990. The van der Waals surface area contributed by atoms with Crippen molar-refractivity contribution in [1.82, 2.24) is 24.5 Å². The molecule has 1 aliphatic rings. The van der Waals surface area contributed by atoms with Crippen molar-refractivity contribution in [2.45, 2.75) is 45.1 Å². The van der Waals surface area contributed by atoms with Gasteiger partial charge in [-0.1, -0.05) is 20.8 Å². The number of aryl methyl sites for hydroxylation is 1. The SMILES string of the molecule is Cn1nc(C(C)(C)C)cc1C(=O)N1CCC(n2cc(C(=O)O)cn2)CC1. The van der Waals surface area contributed by atoms with Gasteiger partial charge in [0.2, 0.25) is 0 Å². The minimum absolute atomic E-state index is 0.0133. The minimum atomic E-state index is -0.977. The van der Waals surface area contributed by atoms with Crippen molar-refractivity contribution in [1.29, 1.82) is 0 Å². The zero-order valence-electron chi connectivity index (χ0n) is 15.6. The molecular formula is C18H25N5O3. The largest absolute Gasteiger partial charge is 0.478 e. The molecule has 0 spiro atoms. The summed E-state index contributed by atoms with van der Waals surface area (Å²) in [4.78, 5) is 25.7. The lowest BCUT2D eigenvalue weighted by atomic mass is 9.92. The molecule has 3 rings (SSSR count). The highest BCUT2D eigenvalue weighted by molar-refractivity contribution is 5.92. The lowest BCUT2D eigenvalue weighted by Crippen LogP contribution is -2.39. The number of carbonyl (C=O) groups excluding carboxylic acids is 1. The van der Waals surface area contributed by atoms with E-state index in [9.17, 15) is 9.59 Å². The molecule has 26 heavy (non-hydrogen) atoms. The van der Waals surface area contributed by atoms with Crippen LogP contribution in [0.15, 0.2) is 18.5 Å². The molecule has 0 radical (unpaired) electrons. The van der Waals surface area contributed by atoms with Crippen molar-refractivity contribution in [3.05, 3.63) is 35.4 Å². The number of hydrogen-bond donors (Lipinski definition) is 1. The van der Waals surface area contributed by atoms with E-state index in [4.69, 9.17) is 5.11 Å². The van der Waals surface area contributed by atoms with Gasteiger partial charge in [-0.15, -0.1) is 0 Å². The average Bonchev–Trinajstić information content (AvgIpc) is 3.21. The summed E-state index contributed by atoms with van der Waals surface area (Å²) in [5, 5.41) is 17.6. The molecule has 1 N–H and O–H groups in total. The molecule has 8 nitrogen and oxygen atoms in total. The molecule has 2 aromatic rings. The second-order valence-electron chi connectivity index (χ2n) is 7.83. The van der Waals surface area contributed by atoms with Crippen molar-refractivity contribution in [2.75, 3.05) is 13.1 Å². The fourth-order valence-corrected chi connectivity index (χ4v) is 3.18. The number of amides is 1. The van der Waals surface area contributed by atoms with Gasteiger partial charge in [-0.25, -0.2) is 4.79 Å². The van der Waals surface area contributed by atoms with Gasteiger partial charge in [-0.3, -0.25) is 14.2 Å². The van der Waals surface area contributed by atoms with Gasteiger partial charge in [0, 0.05) is 31.7 Å². The molecular weight excluding hydrogens is 334 g/mol. The van der Waals surface area contributed by atoms with E-state index >= 15 is 0 Å². The summed E-state index contributed by atoms with van der Waals surface area (Å²) in [6.45, 7) is 7.45. The number of carboxylic acid groups (broad SMARTS) is 1. The van der Waals surface area contributed by atoms with Crippen LogP contribution in [0.2, 0.25) is 0 Å². The second-order valence-corrected chi connectivity index (χ2v) is 7.83. The monoisotopic (exact) mass is 359 g/mol. The zero-order valence-corrected chi connectivity index (χ0v) is 15.6. The van der Waals surface area contributed by atoms with Crippen molar-refractivity contribution in [2.24, 2.45) is 7.05 Å². The van der Waals surface area contributed by atoms with Crippen LogP contribution in [0.4, 0.5) is 0 Å². The molecule has 0 aliphatic carbocycles. The molecule has 1 fully saturated rings. The van der Waals surface area contributed by atoms with Gasteiger partial charge in [0.1, 0.15) is 5.69 Å². The maximum absolute atomic E-state index is 12.9. The molecule has 2 aromatic heterocycles. The Morgan fingerprint density at radius 3 is 2.38 bits per heavy atom. The van der Waals surface area contributed by atoms with E-state index in [2.05, 4.69) is 31.0 Å². The third kappa shape index (κ3) is 3.49. The van der Waals surface area contributed by atoms with Gasteiger partial charge < -0.3 is 10.0 Å². The van der Waals surface area contributed by atoms with E-state index in [1.54, 1.807) is 22.6 Å². The summed E-state index contributed by atoms with van der Waals surface area (Å²) >= 11 is 0. The van der Waals surface area contributed by atoms with Crippen LogP contribution < -0.4 is 0 Å². The molecule has 1 aliphatic heterocycles. The number of carbonyl (C=O) groups is 2. The summed E-state index contributed by atoms with van der Waals surface area (Å²) < 4.78 is 3.36. The Morgan fingerprint density at radius 1 is 1.23 bits per heavy atom. The molecule has 0 saturated carbocycles. The first-order valence-corrected chi connectivity index (χ1v) is 8.78. The Kier molecular flexibility index (Phi) is 4.60. The highest BCUT2D eigenvalue weighted by Crippen LogP contribution is 2.25. The highest BCUT2D eigenvalue weighted by Gasteiger charge is 2.28. The number of aromatic nitrogens is 4. The van der Waals surface area contributed by atoms with E-state index in [1.165, 1.54) is 6.20 Å². The summed E-state index contributed by atoms with van der Waals surface area (Å²) in [6.07, 6.45) is 4.41. The number of carboxylic acids is 1. The number of nitrogens with zero attached hydrogens (tertiary/aromatic N) is 5. The van der Waals surface area contributed by atoms with Crippen LogP contribution in [0, 0.1) is 0 Å². The topological polar surface area (TPSA) is 93.2 Å². The first-order chi connectivity index (χ1) is 12.2. The summed E-state index contributed by atoms with van der Waals surface area (Å²) in [6, 6.07) is 1.99. The Labute approximate surface area is 152 Å². The van der Waals surface area contributed by atoms with Gasteiger partial charge in [0.05, 0.1) is 23.5 Å². The lowest BCUT2D eigenvalue weighted by molar-refractivity contribution is 0.0678. The summed E-state index contributed by atoms with van der Waals surface area (Å²) in [7, 11) is 1.80. The van der Waals surface area contributed by atoms with E-state index in [1.807, 2.05) is 11.0 Å².